The zero-order chi connectivity index (χ0) is 56.7. The van der Waals surface area contributed by atoms with Gasteiger partial charge in [-0.15, -0.1) is 0 Å². The van der Waals surface area contributed by atoms with Crippen molar-refractivity contribution in [3.05, 3.63) is 35.9 Å². The lowest BCUT2D eigenvalue weighted by atomic mass is 10.0. The van der Waals surface area contributed by atoms with Gasteiger partial charge in [0.05, 0.1) is 106 Å². The largest absolute Gasteiger partial charge is 0.461 e. The molecule has 19 nitrogen and oxygen atoms in total. The highest BCUT2D eigenvalue weighted by Crippen LogP contribution is 2.15. The lowest BCUT2D eigenvalue weighted by Crippen LogP contribution is -2.47. The van der Waals surface area contributed by atoms with Gasteiger partial charge in [0.15, 0.2) is 11.6 Å². The minimum atomic E-state index is -0.874. The highest BCUT2D eigenvalue weighted by Gasteiger charge is 2.21. The van der Waals surface area contributed by atoms with Crippen molar-refractivity contribution in [3.8, 4) is 0 Å². The van der Waals surface area contributed by atoms with Crippen LogP contribution >= 0.6 is 0 Å². The van der Waals surface area contributed by atoms with E-state index in [0.29, 0.717) is 76.3 Å². The van der Waals surface area contributed by atoms with Gasteiger partial charge in [-0.1, -0.05) is 107 Å². The van der Waals surface area contributed by atoms with Crippen molar-refractivity contribution in [2.24, 2.45) is 0 Å². The van der Waals surface area contributed by atoms with Crippen LogP contribution in [0.25, 0.3) is 0 Å². The topological polar surface area (TPSA) is 229 Å². The number of rotatable bonds is 52. The van der Waals surface area contributed by atoms with E-state index < -0.39 is 11.6 Å². The molecule has 0 aliphatic carbocycles. The number of hydrogen-bond acceptors (Lipinski definition) is 15. The van der Waals surface area contributed by atoms with Crippen LogP contribution in [0.5, 0.6) is 0 Å². The molecule has 3 N–H and O–H groups in total. The van der Waals surface area contributed by atoms with E-state index in [0.717, 1.165) is 50.6 Å². The second kappa shape index (κ2) is 46.5. The van der Waals surface area contributed by atoms with E-state index in [9.17, 15) is 33.6 Å². The molecule has 0 aromatic heterocycles. The van der Waals surface area contributed by atoms with Crippen LogP contribution in [-0.2, 0) is 78.1 Å². The third-order valence-corrected chi connectivity index (χ3v) is 12.2. The number of amides is 3. The van der Waals surface area contributed by atoms with Crippen LogP contribution in [0.15, 0.2) is 30.3 Å². The Bertz CT molecular complexity index is 1730. The molecule has 3 amide bonds. The molecule has 0 unspecified atom stereocenters. The summed E-state index contributed by atoms with van der Waals surface area (Å²) in [5, 5.41) is 8.29. The standard InChI is InChI=1S/C58H100N4O15/c1-49(63)52(61-53(65)28-22-17-15-13-11-9-7-8-10-12-14-16-18-23-29-57(69)77-58(2,3)4)45-54(66)60-32-37-72-42-43-74-47-51(64)27-24-35-70-41-44-75-48-55(67)59-31-33-62(5,6)34-38-73-40-39-71-36-30-56(68)76-46-50-25-20-19-21-26-50/h19-21,25-26,52H,7-18,22-24,27-48H2,1-6H3,(H2-,59,60,61,65,66,67)/p+1/t52-/m0/s1. The maximum atomic E-state index is 12.5. The zero-order valence-electron chi connectivity index (χ0n) is 48.2. The number of carbonyl (C=O) groups excluding carboxylic acids is 7. The van der Waals surface area contributed by atoms with Gasteiger partial charge in [0.1, 0.15) is 32.0 Å². The smallest absolute Gasteiger partial charge is 0.308 e. The van der Waals surface area contributed by atoms with Crippen LogP contribution < -0.4 is 16.0 Å². The summed E-state index contributed by atoms with van der Waals surface area (Å²) in [6, 6.07) is 8.64. The van der Waals surface area contributed by atoms with Gasteiger partial charge in [0, 0.05) is 32.4 Å². The molecule has 0 aliphatic heterocycles. The fourth-order valence-corrected chi connectivity index (χ4v) is 7.65. The summed E-state index contributed by atoms with van der Waals surface area (Å²) in [4.78, 5) is 85.1. The maximum absolute atomic E-state index is 12.5. The number of ketones is 2. The highest BCUT2D eigenvalue weighted by atomic mass is 16.6. The fraction of sp³-hybridized carbons (Fsp3) is 0.776. The van der Waals surface area contributed by atoms with Crippen molar-refractivity contribution in [3.63, 3.8) is 0 Å². The van der Waals surface area contributed by atoms with Crippen LogP contribution in [0.3, 0.4) is 0 Å². The van der Waals surface area contributed by atoms with Gasteiger partial charge in [-0.2, -0.15) is 0 Å². The highest BCUT2D eigenvalue weighted by molar-refractivity contribution is 5.91. The second-order valence-electron chi connectivity index (χ2n) is 21.1. The number of likely N-dealkylation sites (N-methyl/N-ethyl adjacent to an activating group) is 1. The molecule has 0 heterocycles. The number of ether oxygens (including phenoxy) is 8. The summed E-state index contributed by atoms with van der Waals surface area (Å²) in [6.45, 7) is 12.6. The SMILES string of the molecule is CC(=O)[C@H](CC(=O)NCCOCCOCC(=O)CCCOCCOCC(=O)NCC[N+](C)(C)CCOCCOCCC(=O)OCc1ccccc1)NC(=O)CCCCCCCCCCCCCCCCC(=O)OC(C)(C)C. The molecule has 0 saturated heterocycles. The van der Waals surface area contributed by atoms with Crippen LogP contribution in [0.1, 0.15) is 162 Å². The van der Waals surface area contributed by atoms with Crippen molar-refractivity contribution in [1.29, 1.82) is 0 Å². The van der Waals surface area contributed by atoms with Crippen molar-refractivity contribution >= 4 is 41.2 Å². The molecule has 0 saturated carbocycles. The normalized spacial score (nSPS) is 12.0. The first-order chi connectivity index (χ1) is 37.0. The Morgan fingerprint density at radius 1 is 0.494 bits per heavy atom. The summed E-state index contributed by atoms with van der Waals surface area (Å²) < 4.78 is 44.2. The molecular formula is C58H101N4O15+. The van der Waals surface area contributed by atoms with E-state index in [1.54, 1.807) is 0 Å². The predicted octanol–water partition coefficient (Wildman–Crippen LogP) is 6.92. The molecule has 0 spiro atoms. The molecule has 1 aromatic rings. The molecule has 1 atom stereocenters. The number of carbonyl (C=O) groups is 7. The summed E-state index contributed by atoms with van der Waals surface area (Å²) in [5.74, 6) is -1.53. The monoisotopic (exact) mass is 1090 g/mol. The average molecular weight is 1090 g/mol. The van der Waals surface area contributed by atoms with Crippen molar-refractivity contribution < 1.29 is 75.9 Å². The molecular weight excluding hydrogens is 993 g/mol. The first kappa shape index (κ1) is 70.6. The summed E-state index contributed by atoms with van der Waals surface area (Å²) in [5.41, 5.74) is 0.533. The summed E-state index contributed by atoms with van der Waals surface area (Å²) in [6.07, 6.45) is 17.4. The van der Waals surface area contributed by atoms with E-state index >= 15 is 0 Å². The second-order valence-corrected chi connectivity index (χ2v) is 21.1. The van der Waals surface area contributed by atoms with Crippen molar-refractivity contribution in [1.82, 2.24) is 16.0 Å². The number of hydrogen-bond donors (Lipinski definition) is 3. The lowest BCUT2D eigenvalue weighted by molar-refractivity contribution is -0.889. The van der Waals surface area contributed by atoms with Crippen molar-refractivity contribution in [2.45, 2.75) is 174 Å². The Labute approximate surface area is 461 Å². The number of nitrogens with one attached hydrogen (secondary N) is 3. The van der Waals surface area contributed by atoms with Gasteiger partial charge in [-0.3, -0.25) is 33.6 Å². The first-order valence-corrected chi connectivity index (χ1v) is 28.5. The van der Waals surface area contributed by atoms with E-state index in [1.165, 1.54) is 58.3 Å². The van der Waals surface area contributed by atoms with E-state index in [4.69, 9.17) is 37.9 Å². The Morgan fingerprint density at radius 2 is 1.01 bits per heavy atom. The van der Waals surface area contributed by atoms with Crippen LogP contribution in [0.2, 0.25) is 0 Å². The van der Waals surface area contributed by atoms with E-state index in [1.807, 2.05) is 51.1 Å². The fourth-order valence-electron chi connectivity index (χ4n) is 7.65. The molecule has 442 valence electrons. The minimum absolute atomic E-state index is 0.0428. The number of esters is 2. The van der Waals surface area contributed by atoms with Gasteiger partial charge in [-0.05, 0) is 52.5 Å². The average Bonchev–Trinajstić information content (AvgIpc) is 3.37. The van der Waals surface area contributed by atoms with Crippen LogP contribution in [0.4, 0.5) is 0 Å². The Hall–Kier alpha value is -4.37. The molecule has 77 heavy (non-hydrogen) atoms. The van der Waals surface area contributed by atoms with Gasteiger partial charge < -0.3 is 58.3 Å². The molecule has 19 heteroatoms. The Morgan fingerprint density at radius 3 is 1.61 bits per heavy atom. The lowest BCUT2D eigenvalue weighted by Gasteiger charge is -2.29. The summed E-state index contributed by atoms with van der Waals surface area (Å²) >= 11 is 0. The predicted molar refractivity (Wildman–Crippen MR) is 295 cm³/mol. The number of Topliss-reactive ketones (excluding diaryl/α,β-unsaturated/α-hetero) is 2. The minimum Gasteiger partial charge on any atom is -0.461 e. The van der Waals surface area contributed by atoms with Gasteiger partial charge in [0.25, 0.3) is 0 Å². The van der Waals surface area contributed by atoms with Crippen molar-refractivity contribution in [2.75, 3.05) is 120 Å². The zero-order valence-corrected chi connectivity index (χ0v) is 48.2. The Kier molecular flexibility index (Phi) is 42.7. The third-order valence-electron chi connectivity index (χ3n) is 12.2. The quantitative estimate of drug-likeness (QED) is 0.0342. The van der Waals surface area contributed by atoms with Gasteiger partial charge in [0.2, 0.25) is 17.7 Å². The van der Waals surface area contributed by atoms with Gasteiger partial charge in [-0.25, -0.2) is 0 Å². The number of quaternary nitrogens is 1. The third kappa shape index (κ3) is 47.4. The van der Waals surface area contributed by atoms with E-state index in [-0.39, 0.29) is 113 Å². The molecule has 1 rings (SSSR count). The molecule has 0 aliphatic rings. The maximum Gasteiger partial charge on any atom is 0.308 e. The van der Waals surface area contributed by atoms with Crippen LogP contribution in [0, 0.1) is 0 Å². The Balaban J connectivity index is 1.90. The van der Waals surface area contributed by atoms with Crippen LogP contribution in [-0.4, -0.2) is 177 Å². The first-order valence-electron chi connectivity index (χ1n) is 28.5. The number of nitrogens with zero attached hydrogens (tertiary/aromatic N) is 1. The number of benzene rings is 1. The van der Waals surface area contributed by atoms with Gasteiger partial charge >= 0.3 is 11.9 Å². The molecule has 0 radical (unpaired) electrons. The summed E-state index contributed by atoms with van der Waals surface area (Å²) in [7, 11) is 4.12. The van der Waals surface area contributed by atoms with E-state index in [2.05, 4.69) is 30.0 Å². The molecule has 1 aromatic carbocycles. The molecule has 0 fully saturated rings. The number of unbranched alkanes of at least 4 members (excludes halogenated alkanes) is 13. The molecule has 0 bridgehead atoms.